The van der Waals surface area contributed by atoms with Crippen LogP contribution in [0.15, 0.2) is 29.4 Å². The number of anilines is 1. The summed E-state index contributed by atoms with van der Waals surface area (Å²) in [5.41, 5.74) is 4.29. The number of rotatable bonds is 3. The third-order valence-electron chi connectivity index (χ3n) is 2.39. The van der Waals surface area contributed by atoms with Gasteiger partial charge < -0.3 is 15.1 Å². The van der Waals surface area contributed by atoms with Crippen LogP contribution >= 0.6 is 0 Å². The highest BCUT2D eigenvalue weighted by Gasteiger charge is 2.24. The first-order chi connectivity index (χ1) is 9.08. The van der Waals surface area contributed by atoms with Gasteiger partial charge in [0.2, 0.25) is 6.61 Å². The van der Waals surface area contributed by atoms with Crippen LogP contribution in [-0.2, 0) is 9.63 Å². The number of oxime groups is 1. The molecule has 8 heteroatoms. The molecule has 1 amide bonds. The Bertz CT molecular complexity index is 543. The van der Waals surface area contributed by atoms with Crippen molar-refractivity contribution in [3.05, 3.63) is 29.8 Å². The maximum atomic E-state index is 11.0. The summed E-state index contributed by atoms with van der Waals surface area (Å²) in [4.78, 5) is 26.0. The molecule has 1 aliphatic heterocycles. The van der Waals surface area contributed by atoms with Gasteiger partial charge in [-0.3, -0.25) is 5.43 Å². The van der Waals surface area contributed by atoms with Gasteiger partial charge in [-0.25, -0.2) is 14.6 Å². The summed E-state index contributed by atoms with van der Waals surface area (Å²) in [5.74, 6) is -1.15. The van der Waals surface area contributed by atoms with E-state index in [9.17, 15) is 9.59 Å². The summed E-state index contributed by atoms with van der Waals surface area (Å²) in [5, 5.41) is 22.1. The first kappa shape index (κ1) is 12.7. The lowest BCUT2D eigenvalue weighted by Gasteiger charge is -2.28. The highest BCUT2D eigenvalue weighted by atomic mass is 16.6. The SMILES string of the molecule is O=C(O)CO/N=C1/CN(C(=O)O)Nc2ccccc21. The van der Waals surface area contributed by atoms with Crippen molar-refractivity contribution in [2.45, 2.75) is 0 Å². The Morgan fingerprint density at radius 2 is 2.11 bits per heavy atom. The average Bonchev–Trinajstić information content (AvgIpc) is 2.38. The van der Waals surface area contributed by atoms with E-state index in [0.29, 0.717) is 17.0 Å². The van der Waals surface area contributed by atoms with Crippen molar-refractivity contribution in [2.24, 2.45) is 5.16 Å². The number of nitrogens with one attached hydrogen (secondary N) is 1. The van der Waals surface area contributed by atoms with Gasteiger partial charge in [0, 0.05) is 5.56 Å². The number of fused-ring (bicyclic) bond motifs is 1. The first-order valence-corrected chi connectivity index (χ1v) is 5.35. The molecule has 0 atom stereocenters. The molecule has 0 fully saturated rings. The number of carboxylic acid groups (broad SMARTS) is 2. The monoisotopic (exact) mass is 265 g/mol. The summed E-state index contributed by atoms with van der Waals surface area (Å²) in [6.07, 6.45) is -1.17. The molecule has 19 heavy (non-hydrogen) atoms. The maximum absolute atomic E-state index is 11.0. The third-order valence-corrected chi connectivity index (χ3v) is 2.39. The van der Waals surface area contributed by atoms with E-state index in [4.69, 9.17) is 10.2 Å². The smallest absolute Gasteiger partial charge is 0.426 e. The van der Waals surface area contributed by atoms with Gasteiger partial charge >= 0.3 is 12.1 Å². The van der Waals surface area contributed by atoms with Crippen molar-refractivity contribution in [3.63, 3.8) is 0 Å². The van der Waals surface area contributed by atoms with E-state index in [0.717, 1.165) is 5.01 Å². The minimum Gasteiger partial charge on any atom is -0.479 e. The Balaban J connectivity index is 2.26. The second kappa shape index (κ2) is 5.25. The number of hydrogen-bond donors (Lipinski definition) is 3. The molecule has 0 bridgehead atoms. The number of para-hydroxylation sites is 1. The quantitative estimate of drug-likeness (QED) is 0.697. The van der Waals surface area contributed by atoms with Crippen LogP contribution in [0.2, 0.25) is 0 Å². The third kappa shape index (κ3) is 2.92. The topological polar surface area (TPSA) is 111 Å². The molecule has 3 N–H and O–H groups in total. The van der Waals surface area contributed by atoms with E-state index in [1.54, 1.807) is 24.3 Å². The Morgan fingerprint density at radius 3 is 2.79 bits per heavy atom. The molecule has 1 aromatic rings. The van der Waals surface area contributed by atoms with Gasteiger partial charge in [-0.2, -0.15) is 0 Å². The fraction of sp³-hybridized carbons (Fsp3) is 0.182. The van der Waals surface area contributed by atoms with Crippen molar-refractivity contribution in [1.82, 2.24) is 5.01 Å². The summed E-state index contributed by atoms with van der Waals surface area (Å²) in [6, 6.07) is 6.94. The van der Waals surface area contributed by atoms with Gasteiger partial charge in [0.05, 0.1) is 12.2 Å². The van der Waals surface area contributed by atoms with Crippen LogP contribution in [0, 0.1) is 0 Å². The van der Waals surface area contributed by atoms with Crippen LogP contribution in [-0.4, -0.2) is 46.1 Å². The molecule has 0 saturated heterocycles. The predicted molar refractivity (Wildman–Crippen MR) is 64.9 cm³/mol. The first-order valence-electron chi connectivity index (χ1n) is 5.35. The van der Waals surface area contributed by atoms with Crippen molar-refractivity contribution < 1.29 is 24.6 Å². The van der Waals surface area contributed by atoms with Crippen LogP contribution in [0.5, 0.6) is 0 Å². The number of carboxylic acids is 1. The zero-order valence-corrected chi connectivity index (χ0v) is 9.74. The van der Waals surface area contributed by atoms with Crippen molar-refractivity contribution >= 4 is 23.5 Å². The van der Waals surface area contributed by atoms with Crippen LogP contribution < -0.4 is 5.43 Å². The van der Waals surface area contributed by atoms with Gasteiger partial charge in [0.15, 0.2) is 0 Å². The molecule has 1 aliphatic rings. The Labute approximate surface area is 107 Å². The number of hydrazine groups is 1. The lowest BCUT2D eigenvalue weighted by atomic mass is 10.1. The number of carbonyl (C=O) groups is 2. The van der Waals surface area contributed by atoms with Gasteiger partial charge in [-0.05, 0) is 6.07 Å². The normalized spacial score (nSPS) is 15.6. The van der Waals surface area contributed by atoms with Gasteiger partial charge in [-0.1, -0.05) is 23.4 Å². The fourth-order valence-electron chi connectivity index (χ4n) is 1.61. The van der Waals surface area contributed by atoms with E-state index >= 15 is 0 Å². The summed E-state index contributed by atoms with van der Waals surface area (Å²) >= 11 is 0. The lowest BCUT2D eigenvalue weighted by molar-refractivity contribution is -0.142. The van der Waals surface area contributed by atoms with E-state index in [2.05, 4.69) is 15.4 Å². The number of aliphatic carboxylic acids is 1. The van der Waals surface area contributed by atoms with Crippen molar-refractivity contribution in [1.29, 1.82) is 0 Å². The molecular formula is C11H11N3O5. The molecule has 0 unspecified atom stereocenters. The molecule has 0 radical (unpaired) electrons. The molecule has 0 aliphatic carbocycles. The van der Waals surface area contributed by atoms with Crippen LogP contribution in [0.25, 0.3) is 0 Å². The molecule has 1 aromatic carbocycles. The number of amides is 1. The number of benzene rings is 1. The van der Waals surface area contributed by atoms with Crippen molar-refractivity contribution in [2.75, 3.05) is 18.6 Å². The minimum atomic E-state index is -1.17. The van der Waals surface area contributed by atoms with Gasteiger partial charge in [0.1, 0.15) is 5.71 Å². The fourth-order valence-corrected chi connectivity index (χ4v) is 1.61. The summed E-state index contributed by atoms with van der Waals surface area (Å²) in [6.45, 7) is -0.613. The van der Waals surface area contributed by atoms with E-state index in [1.807, 2.05) is 0 Å². The summed E-state index contributed by atoms with van der Waals surface area (Å²) < 4.78 is 0. The van der Waals surface area contributed by atoms with Gasteiger partial charge in [-0.15, -0.1) is 0 Å². The molecule has 0 spiro atoms. The highest BCUT2D eigenvalue weighted by molar-refractivity contribution is 6.08. The molecule has 8 nitrogen and oxygen atoms in total. The molecular weight excluding hydrogens is 254 g/mol. The maximum Gasteiger partial charge on any atom is 0.426 e. The number of nitrogens with zero attached hydrogens (tertiary/aromatic N) is 2. The van der Waals surface area contributed by atoms with E-state index in [-0.39, 0.29) is 6.54 Å². The number of hydrogen-bond acceptors (Lipinski definition) is 5. The standard InChI is InChI=1S/C11H11N3O5/c15-10(16)6-19-13-9-5-14(11(17)18)12-8-4-2-1-3-7(8)9/h1-4,12H,5-6H2,(H,15,16)(H,17,18)/b13-9-. The Kier molecular flexibility index (Phi) is 3.51. The average molecular weight is 265 g/mol. The molecule has 2 rings (SSSR count). The molecule has 0 aromatic heterocycles. The summed E-state index contributed by atoms with van der Waals surface area (Å²) in [7, 11) is 0. The van der Waals surface area contributed by atoms with Gasteiger partial charge in [0.25, 0.3) is 0 Å². The molecule has 1 heterocycles. The Morgan fingerprint density at radius 1 is 1.37 bits per heavy atom. The zero-order chi connectivity index (χ0) is 13.8. The van der Waals surface area contributed by atoms with Crippen LogP contribution in [0.1, 0.15) is 5.56 Å². The lowest BCUT2D eigenvalue weighted by Crippen LogP contribution is -2.43. The zero-order valence-electron chi connectivity index (χ0n) is 9.74. The van der Waals surface area contributed by atoms with Crippen LogP contribution in [0.4, 0.5) is 10.5 Å². The predicted octanol–water partition coefficient (Wildman–Crippen LogP) is 0.812. The second-order valence-corrected chi connectivity index (χ2v) is 3.73. The minimum absolute atomic E-state index is 0.0357. The second-order valence-electron chi connectivity index (χ2n) is 3.73. The largest absolute Gasteiger partial charge is 0.479 e. The Hall–Kier alpha value is -2.77. The van der Waals surface area contributed by atoms with Crippen LogP contribution in [0.3, 0.4) is 0 Å². The molecule has 0 saturated carbocycles. The molecule has 100 valence electrons. The van der Waals surface area contributed by atoms with E-state index in [1.165, 1.54) is 0 Å². The van der Waals surface area contributed by atoms with E-state index < -0.39 is 18.7 Å². The van der Waals surface area contributed by atoms with Crippen molar-refractivity contribution in [3.8, 4) is 0 Å². The highest BCUT2D eigenvalue weighted by Crippen LogP contribution is 2.22.